The molecule has 27 heavy (non-hydrogen) atoms. The smallest absolute Gasteiger partial charge is 0.225 e. The third-order valence-electron chi connectivity index (χ3n) is 4.16. The number of guanidine groups is 1. The van der Waals surface area contributed by atoms with Crippen LogP contribution in [-0.4, -0.2) is 53.6 Å². The van der Waals surface area contributed by atoms with Gasteiger partial charge in [-0.15, -0.1) is 24.0 Å². The largest absolute Gasteiger partial charge is 0.370 e. The van der Waals surface area contributed by atoms with Crippen molar-refractivity contribution in [3.05, 3.63) is 53.6 Å². The van der Waals surface area contributed by atoms with Crippen molar-refractivity contribution in [2.45, 2.75) is 6.42 Å². The van der Waals surface area contributed by atoms with Crippen LogP contribution in [0.3, 0.4) is 0 Å². The van der Waals surface area contributed by atoms with Gasteiger partial charge in [-0.1, -0.05) is 0 Å². The maximum absolute atomic E-state index is 13.2. The third-order valence-corrected chi connectivity index (χ3v) is 4.16. The van der Waals surface area contributed by atoms with Crippen molar-refractivity contribution in [1.82, 2.24) is 14.9 Å². The number of piperazine rings is 1. The van der Waals surface area contributed by atoms with Crippen molar-refractivity contribution in [2.75, 3.05) is 37.6 Å². The molecule has 1 aliphatic rings. The van der Waals surface area contributed by atoms with Crippen molar-refractivity contribution in [1.29, 1.82) is 0 Å². The Morgan fingerprint density at radius 1 is 1.04 bits per heavy atom. The van der Waals surface area contributed by atoms with Gasteiger partial charge in [-0.3, -0.25) is 4.99 Å². The van der Waals surface area contributed by atoms with Gasteiger partial charge in [-0.25, -0.2) is 23.1 Å². The molecule has 0 bridgehead atoms. The second-order valence-electron chi connectivity index (χ2n) is 5.89. The molecule has 2 heterocycles. The molecular weight excluding hydrogens is 472 g/mol. The standard InChI is InChI=1S/C17H19F3N6.HI/c18-13-10-12(11-14(19)15(13)20)2-5-22-16(21)25-6-8-26(9-7-25)17-23-3-1-4-24-17;/h1,3-4,10-11H,2,5-9H2,(H2,21,22);1H. The SMILES string of the molecule is I.NC(=NCCc1cc(F)c(F)c(F)c1)N1CCN(c2ncccn2)CC1. The number of benzene rings is 1. The van der Waals surface area contributed by atoms with E-state index in [-0.39, 0.29) is 36.9 Å². The normalized spacial score (nSPS) is 14.9. The molecule has 0 radical (unpaired) electrons. The minimum atomic E-state index is -1.46. The summed E-state index contributed by atoms with van der Waals surface area (Å²) < 4.78 is 39.3. The summed E-state index contributed by atoms with van der Waals surface area (Å²) in [6, 6.07) is 3.72. The average molecular weight is 492 g/mol. The average Bonchev–Trinajstić information content (AvgIpc) is 2.67. The van der Waals surface area contributed by atoms with Crippen LogP contribution >= 0.6 is 24.0 Å². The third kappa shape index (κ3) is 5.44. The fourth-order valence-electron chi connectivity index (χ4n) is 2.74. The highest BCUT2D eigenvalue weighted by atomic mass is 127. The molecule has 1 saturated heterocycles. The Kier molecular flexibility index (Phi) is 7.63. The highest BCUT2D eigenvalue weighted by Crippen LogP contribution is 2.14. The first-order chi connectivity index (χ1) is 12.5. The zero-order chi connectivity index (χ0) is 18.5. The van der Waals surface area contributed by atoms with Crippen molar-refractivity contribution in [3.63, 3.8) is 0 Å². The molecule has 0 saturated carbocycles. The van der Waals surface area contributed by atoms with Gasteiger partial charge in [0.05, 0.1) is 0 Å². The van der Waals surface area contributed by atoms with Gasteiger partial charge in [0.1, 0.15) is 0 Å². The van der Waals surface area contributed by atoms with Gasteiger partial charge in [0.25, 0.3) is 0 Å². The van der Waals surface area contributed by atoms with Gasteiger partial charge in [0.15, 0.2) is 23.4 Å². The van der Waals surface area contributed by atoms with Crippen molar-refractivity contribution < 1.29 is 13.2 Å². The van der Waals surface area contributed by atoms with E-state index in [2.05, 4.69) is 19.9 Å². The molecule has 1 aromatic heterocycles. The molecule has 0 aliphatic carbocycles. The Balaban J connectivity index is 0.00000261. The molecular formula is C17H20F3IN6. The van der Waals surface area contributed by atoms with Gasteiger partial charge in [0, 0.05) is 45.1 Å². The van der Waals surface area contributed by atoms with E-state index in [0.717, 1.165) is 12.1 Å². The number of nitrogens with two attached hydrogens (primary N) is 1. The summed E-state index contributed by atoms with van der Waals surface area (Å²) in [5.41, 5.74) is 6.34. The maximum Gasteiger partial charge on any atom is 0.225 e. The second-order valence-corrected chi connectivity index (χ2v) is 5.89. The van der Waals surface area contributed by atoms with Crippen LogP contribution in [-0.2, 0) is 6.42 Å². The van der Waals surface area contributed by atoms with E-state index >= 15 is 0 Å². The summed E-state index contributed by atoms with van der Waals surface area (Å²) in [7, 11) is 0. The summed E-state index contributed by atoms with van der Waals surface area (Å²) >= 11 is 0. The topological polar surface area (TPSA) is 70.6 Å². The summed E-state index contributed by atoms with van der Waals surface area (Å²) in [5, 5.41) is 0. The minimum Gasteiger partial charge on any atom is -0.370 e. The van der Waals surface area contributed by atoms with Gasteiger partial charge in [-0.2, -0.15) is 0 Å². The Morgan fingerprint density at radius 2 is 1.63 bits per heavy atom. The van der Waals surface area contributed by atoms with Gasteiger partial charge in [0.2, 0.25) is 5.95 Å². The fourth-order valence-corrected chi connectivity index (χ4v) is 2.74. The van der Waals surface area contributed by atoms with Gasteiger partial charge in [-0.05, 0) is 30.2 Å². The number of nitrogens with zero attached hydrogens (tertiary/aromatic N) is 5. The van der Waals surface area contributed by atoms with Crippen LogP contribution in [0.25, 0.3) is 0 Å². The van der Waals surface area contributed by atoms with E-state index in [1.165, 1.54) is 0 Å². The number of rotatable bonds is 4. The summed E-state index contributed by atoms with van der Waals surface area (Å²) in [5.74, 6) is -2.80. The number of hydrogen-bond acceptors (Lipinski definition) is 4. The molecule has 0 unspecified atom stereocenters. The molecule has 10 heteroatoms. The molecule has 1 fully saturated rings. The van der Waals surface area contributed by atoms with Crippen LogP contribution in [0.15, 0.2) is 35.6 Å². The fraction of sp³-hybridized carbons (Fsp3) is 0.353. The molecule has 3 rings (SSSR count). The zero-order valence-corrected chi connectivity index (χ0v) is 16.8. The lowest BCUT2D eigenvalue weighted by Gasteiger charge is -2.35. The zero-order valence-electron chi connectivity index (χ0n) is 14.5. The van der Waals surface area contributed by atoms with Crippen LogP contribution in [0, 0.1) is 17.5 Å². The van der Waals surface area contributed by atoms with E-state index in [0.29, 0.717) is 43.7 Å². The van der Waals surface area contributed by atoms with Crippen molar-refractivity contribution in [2.24, 2.45) is 10.7 Å². The molecule has 0 spiro atoms. The van der Waals surface area contributed by atoms with E-state index in [1.54, 1.807) is 18.5 Å². The van der Waals surface area contributed by atoms with Crippen LogP contribution in [0.5, 0.6) is 0 Å². The Morgan fingerprint density at radius 3 is 2.22 bits per heavy atom. The van der Waals surface area contributed by atoms with Crippen molar-refractivity contribution >= 4 is 35.9 Å². The van der Waals surface area contributed by atoms with Crippen molar-refractivity contribution in [3.8, 4) is 0 Å². The maximum atomic E-state index is 13.2. The monoisotopic (exact) mass is 492 g/mol. The predicted molar refractivity (Wildman–Crippen MR) is 108 cm³/mol. The molecule has 2 aromatic rings. The number of hydrogen-bond donors (Lipinski definition) is 1. The van der Waals surface area contributed by atoms with Crippen LogP contribution in [0.1, 0.15) is 5.56 Å². The second kappa shape index (κ2) is 9.72. The molecule has 0 atom stereocenters. The minimum absolute atomic E-state index is 0. The highest BCUT2D eigenvalue weighted by molar-refractivity contribution is 14.0. The number of anilines is 1. The molecule has 2 N–H and O–H groups in total. The highest BCUT2D eigenvalue weighted by Gasteiger charge is 2.19. The molecule has 1 aliphatic heterocycles. The van der Waals surface area contributed by atoms with E-state index in [4.69, 9.17) is 5.73 Å². The number of aliphatic imine (C=N–C) groups is 1. The Labute approximate surface area is 172 Å². The summed E-state index contributed by atoms with van der Waals surface area (Å²) in [4.78, 5) is 16.7. The molecule has 1 aromatic carbocycles. The predicted octanol–water partition coefficient (Wildman–Crippen LogP) is 2.19. The van der Waals surface area contributed by atoms with E-state index in [1.807, 2.05) is 4.90 Å². The van der Waals surface area contributed by atoms with Gasteiger partial charge < -0.3 is 15.5 Å². The van der Waals surface area contributed by atoms with E-state index in [9.17, 15) is 13.2 Å². The van der Waals surface area contributed by atoms with E-state index < -0.39 is 17.5 Å². The van der Waals surface area contributed by atoms with Crippen LogP contribution in [0.4, 0.5) is 19.1 Å². The first kappa shape index (κ1) is 21.2. The Hall–Kier alpha value is -2.11. The van der Waals surface area contributed by atoms with Crippen LogP contribution < -0.4 is 10.6 Å². The quantitative estimate of drug-likeness (QED) is 0.307. The molecule has 146 valence electrons. The number of aromatic nitrogens is 2. The lowest BCUT2D eigenvalue weighted by atomic mass is 10.1. The Bertz CT molecular complexity index is 758. The number of halogens is 4. The summed E-state index contributed by atoms with van der Waals surface area (Å²) in [6.45, 7) is 3.04. The lowest BCUT2D eigenvalue weighted by Crippen LogP contribution is -2.51. The van der Waals surface area contributed by atoms with Crippen LogP contribution in [0.2, 0.25) is 0 Å². The first-order valence-electron chi connectivity index (χ1n) is 8.25. The lowest BCUT2D eigenvalue weighted by molar-refractivity contribution is 0.378. The molecule has 0 amide bonds. The first-order valence-corrected chi connectivity index (χ1v) is 8.25. The molecule has 6 nitrogen and oxygen atoms in total. The summed E-state index contributed by atoms with van der Waals surface area (Å²) in [6.07, 6.45) is 3.67. The van der Waals surface area contributed by atoms with Gasteiger partial charge >= 0.3 is 0 Å².